The summed E-state index contributed by atoms with van der Waals surface area (Å²) in [6.45, 7) is 0.00300. The summed E-state index contributed by atoms with van der Waals surface area (Å²) in [5.74, 6) is -0.480. The van der Waals surface area contributed by atoms with Crippen molar-refractivity contribution in [2.75, 3.05) is 13.7 Å². The lowest BCUT2D eigenvalue weighted by molar-refractivity contribution is -0.142. The first-order chi connectivity index (χ1) is 8.91. The molecule has 8 heteroatoms. The minimum atomic E-state index is -4.49. The Kier molecular flexibility index (Phi) is 3.41. The van der Waals surface area contributed by atoms with E-state index in [-0.39, 0.29) is 18.1 Å². The first-order valence-corrected chi connectivity index (χ1v) is 5.24. The van der Waals surface area contributed by atoms with E-state index in [0.717, 1.165) is 12.3 Å². The maximum absolute atomic E-state index is 12.3. The highest BCUT2D eigenvalue weighted by Gasteiger charge is 2.33. The van der Waals surface area contributed by atoms with Crippen molar-refractivity contribution in [3.05, 3.63) is 29.6 Å². The number of alkyl halides is 3. The van der Waals surface area contributed by atoms with Crippen LogP contribution in [0.1, 0.15) is 11.3 Å². The minimum absolute atomic E-state index is 0.00300. The second kappa shape index (κ2) is 4.87. The summed E-state index contributed by atoms with van der Waals surface area (Å²) < 4.78 is 46.6. The van der Waals surface area contributed by atoms with Gasteiger partial charge in [0, 0.05) is 6.20 Å². The molecule has 0 aromatic carbocycles. The molecule has 2 rings (SSSR count). The summed E-state index contributed by atoms with van der Waals surface area (Å²) in [6, 6.07) is 1.23. The van der Waals surface area contributed by atoms with Crippen molar-refractivity contribution in [3.63, 3.8) is 0 Å². The molecule has 1 aromatic heterocycles. The van der Waals surface area contributed by atoms with Crippen LogP contribution >= 0.6 is 0 Å². The zero-order valence-corrected chi connectivity index (χ0v) is 9.77. The number of hydrogen-bond acceptors (Lipinski definition) is 5. The second-order valence-corrected chi connectivity index (χ2v) is 3.71. The van der Waals surface area contributed by atoms with Crippen LogP contribution in [0.5, 0.6) is 0 Å². The van der Waals surface area contributed by atoms with E-state index >= 15 is 0 Å². The number of ether oxygens (including phenoxy) is 2. The molecule has 102 valence electrons. The van der Waals surface area contributed by atoms with Crippen molar-refractivity contribution in [1.82, 2.24) is 4.98 Å². The lowest BCUT2D eigenvalue weighted by atomic mass is 10.2. The number of nitrogens with zero attached hydrogens (tertiary/aromatic N) is 2. The fourth-order valence-electron chi connectivity index (χ4n) is 1.48. The van der Waals surface area contributed by atoms with Crippen molar-refractivity contribution in [2.45, 2.75) is 12.2 Å². The van der Waals surface area contributed by atoms with Gasteiger partial charge in [-0.15, -0.1) is 0 Å². The summed E-state index contributed by atoms with van der Waals surface area (Å²) in [7, 11) is 1.22. The van der Waals surface area contributed by atoms with Crippen LogP contribution in [0.25, 0.3) is 0 Å². The quantitative estimate of drug-likeness (QED) is 0.765. The Morgan fingerprint density at radius 1 is 1.47 bits per heavy atom. The maximum Gasteiger partial charge on any atom is 0.433 e. The van der Waals surface area contributed by atoms with Crippen LogP contribution < -0.4 is 0 Å². The van der Waals surface area contributed by atoms with Gasteiger partial charge in [-0.2, -0.15) is 13.2 Å². The van der Waals surface area contributed by atoms with Gasteiger partial charge in [-0.1, -0.05) is 0 Å². The Hall–Kier alpha value is -2.12. The van der Waals surface area contributed by atoms with Crippen LogP contribution in [0, 0.1) is 0 Å². The molecule has 0 spiro atoms. The monoisotopic (exact) mass is 274 g/mol. The number of methoxy groups -OCH3 is 1. The molecule has 0 saturated carbocycles. The summed E-state index contributed by atoms with van der Waals surface area (Å²) in [6.07, 6.45) is -3.49. The van der Waals surface area contributed by atoms with Crippen LogP contribution in [0.3, 0.4) is 0 Å². The SMILES string of the molecule is COC(=O)[C@H]1COC(c2ccc(C(F)(F)F)nc2)=N1. The van der Waals surface area contributed by atoms with Gasteiger partial charge in [-0.3, -0.25) is 4.98 Å². The molecule has 0 bridgehead atoms. The van der Waals surface area contributed by atoms with Crippen LogP contribution in [-0.2, 0) is 20.4 Å². The number of carbonyl (C=O) groups excluding carboxylic acids is 1. The summed E-state index contributed by atoms with van der Waals surface area (Å²) in [5, 5.41) is 0. The Morgan fingerprint density at radius 3 is 2.74 bits per heavy atom. The number of aliphatic imine (C=N–C) groups is 1. The van der Waals surface area contributed by atoms with E-state index in [1.807, 2.05) is 0 Å². The molecule has 1 atom stereocenters. The van der Waals surface area contributed by atoms with Crippen molar-refractivity contribution in [1.29, 1.82) is 0 Å². The Balaban J connectivity index is 2.18. The predicted octanol–water partition coefficient (Wildman–Crippen LogP) is 1.42. The Labute approximate surface area is 106 Å². The van der Waals surface area contributed by atoms with Crippen molar-refractivity contribution in [3.8, 4) is 0 Å². The smallest absolute Gasteiger partial charge is 0.433 e. The Bertz CT molecular complexity index is 511. The topological polar surface area (TPSA) is 60.8 Å². The lowest BCUT2D eigenvalue weighted by Crippen LogP contribution is -2.21. The standard InChI is InChI=1S/C11H9F3N2O3/c1-18-10(17)7-5-19-9(16-7)6-2-3-8(15-4-6)11(12,13)14/h2-4,7H,5H2,1H3/t7-/m1/s1. The summed E-state index contributed by atoms with van der Waals surface area (Å²) >= 11 is 0. The van der Waals surface area contributed by atoms with E-state index in [4.69, 9.17) is 4.74 Å². The number of pyridine rings is 1. The fourth-order valence-corrected chi connectivity index (χ4v) is 1.48. The molecule has 0 unspecified atom stereocenters. The first-order valence-electron chi connectivity index (χ1n) is 5.24. The normalized spacial score (nSPS) is 18.7. The average Bonchev–Trinajstić information content (AvgIpc) is 2.86. The van der Waals surface area contributed by atoms with E-state index in [1.165, 1.54) is 13.2 Å². The van der Waals surface area contributed by atoms with Crippen molar-refractivity contribution >= 4 is 11.9 Å². The van der Waals surface area contributed by atoms with Crippen molar-refractivity contribution in [2.24, 2.45) is 4.99 Å². The molecule has 0 radical (unpaired) electrons. The number of halogens is 3. The maximum atomic E-state index is 12.3. The molecule has 0 aliphatic carbocycles. The van der Waals surface area contributed by atoms with Gasteiger partial charge in [0.25, 0.3) is 0 Å². The number of rotatable bonds is 2. The van der Waals surface area contributed by atoms with E-state index < -0.39 is 23.9 Å². The number of esters is 1. The highest BCUT2D eigenvalue weighted by atomic mass is 19.4. The van der Waals surface area contributed by atoms with Gasteiger partial charge in [0.15, 0.2) is 6.04 Å². The molecule has 1 aliphatic heterocycles. The lowest BCUT2D eigenvalue weighted by Gasteiger charge is -2.06. The molecule has 1 aliphatic rings. The van der Waals surface area contributed by atoms with Gasteiger partial charge in [0.1, 0.15) is 12.3 Å². The Morgan fingerprint density at radius 2 is 2.21 bits per heavy atom. The third-order valence-electron chi connectivity index (χ3n) is 2.43. The summed E-state index contributed by atoms with van der Waals surface area (Å²) in [5.41, 5.74) is -0.723. The molecule has 5 nitrogen and oxygen atoms in total. The van der Waals surface area contributed by atoms with Gasteiger partial charge in [0.2, 0.25) is 5.90 Å². The van der Waals surface area contributed by atoms with E-state index in [9.17, 15) is 18.0 Å². The van der Waals surface area contributed by atoms with Gasteiger partial charge in [-0.05, 0) is 12.1 Å². The van der Waals surface area contributed by atoms with Gasteiger partial charge in [-0.25, -0.2) is 9.79 Å². The number of aromatic nitrogens is 1. The van der Waals surface area contributed by atoms with Crippen molar-refractivity contribution < 1.29 is 27.4 Å². The van der Waals surface area contributed by atoms with E-state index in [1.54, 1.807) is 0 Å². The fraction of sp³-hybridized carbons (Fsp3) is 0.364. The number of carbonyl (C=O) groups is 1. The van der Waals surface area contributed by atoms with Crippen LogP contribution in [-0.4, -0.2) is 36.6 Å². The largest absolute Gasteiger partial charge is 0.474 e. The molecule has 0 amide bonds. The van der Waals surface area contributed by atoms with Crippen LogP contribution in [0.4, 0.5) is 13.2 Å². The molecule has 1 aromatic rings. The van der Waals surface area contributed by atoms with Crippen LogP contribution in [0.15, 0.2) is 23.3 Å². The zero-order valence-electron chi connectivity index (χ0n) is 9.77. The third-order valence-corrected chi connectivity index (χ3v) is 2.43. The molecule has 0 fully saturated rings. The molecular formula is C11H9F3N2O3. The van der Waals surface area contributed by atoms with E-state index in [2.05, 4.69) is 14.7 Å². The highest BCUT2D eigenvalue weighted by Crippen LogP contribution is 2.27. The zero-order chi connectivity index (χ0) is 14.0. The average molecular weight is 274 g/mol. The minimum Gasteiger partial charge on any atom is -0.474 e. The van der Waals surface area contributed by atoms with Gasteiger partial charge >= 0.3 is 12.1 Å². The number of hydrogen-bond donors (Lipinski definition) is 0. The molecule has 2 heterocycles. The van der Waals surface area contributed by atoms with Gasteiger partial charge < -0.3 is 9.47 Å². The second-order valence-electron chi connectivity index (χ2n) is 3.71. The summed E-state index contributed by atoms with van der Waals surface area (Å²) in [4.78, 5) is 18.4. The molecule has 0 N–H and O–H groups in total. The first kappa shape index (κ1) is 13.3. The van der Waals surface area contributed by atoms with Gasteiger partial charge in [0.05, 0.1) is 12.7 Å². The molecule has 0 saturated heterocycles. The molecular weight excluding hydrogens is 265 g/mol. The predicted molar refractivity (Wildman–Crippen MR) is 57.5 cm³/mol. The van der Waals surface area contributed by atoms with Crippen LogP contribution in [0.2, 0.25) is 0 Å². The third kappa shape index (κ3) is 2.83. The molecule has 19 heavy (non-hydrogen) atoms. The van der Waals surface area contributed by atoms with E-state index in [0.29, 0.717) is 0 Å². The highest BCUT2D eigenvalue weighted by molar-refractivity contribution is 5.97.